The zero-order chi connectivity index (χ0) is 19.2. The van der Waals surface area contributed by atoms with Crippen LogP contribution >= 0.6 is 0 Å². The molecule has 0 bridgehead atoms. The van der Waals surface area contributed by atoms with Crippen molar-refractivity contribution in [2.45, 2.75) is 13.5 Å². The maximum absolute atomic E-state index is 13.0. The minimum atomic E-state index is -0.122. The van der Waals surface area contributed by atoms with Gasteiger partial charge in [0.05, 0.1) is 12.8 Å². The van der Waals surface area contributed by atoms with Crippen molar-refractivity contribution in [3.05, 3.63) is 90.3 Å². The summed E-state index contributed by atoms with van der Waals surface area (Å²) in [6.07, 6.45) is 1.72. The molecular weight excluding hydrogens is 338 g/mol. The molecule has 27 heavy (non-hydrogen) atoms. The molecule has 0 N–H and O–H groups in total. The van der Waals surface area contributed by atoms with Gasteiger partial charge in [0.25, 0.3) is 5.91 Å². The van der Waals surface area contributed by atoms with Crippen molar-refractivity contribution in [3.8, 4) is 11.4 Å². The molecule has 1 heterocycles. The van der Waals surface area contributed by atoms with Crippen LogP contribution < -0.4 is 4.74 Å². The van der Waals surface area contributed by atoms with E-state index >= 15 is 0 Å². The molecule has 1 amide bonds. The van der Waals surface area contributed by atoms with Crippen molar-refractivity contribution in [3.63, 3.8) is 0 Å². The van der Waals surface area contributed by atoms with E-state index in [1.165, 1.54) is 0 Å². The number of methoxy groups -OCH3 is 1. The van der Waals surface area contributed by atoms with Gasteiger partial charge in [0, 0.05) is 18.8 Å². The number of hydrogen-bond acceptors (Lipinski definition) is 3. The molecule has 5 heteroatoms. The lowest BCUT2D eigenvalue weighted by Gasteiger charge is -2.20. The fraction of sp³-hybridized carbons (Fsp3) is 0.182. The third kappa shape index (κ3) is 4.26. The molecule has 3 rings (SSSR count). The number of para-hydroxylation sites is 1. The van der Waals surface area contributed by atoms with E-state index in [1.54, 1.807) is 22.8 Å². The van der Waals surface area contributed by atoms with E-state index in [0.29, 0.717) is 18.8 Å². The van der Waals surface area contributed by atoms with Crippen LogP contribution in [0.15, 0.2) is 73.3 Å². The normalized spacial score (nSPS) is 10.4. The van der Waals surface area contributed by atoms with Gasteiger partial charge < -0.3 is 9.64 Å². The quantitative estimate of drug-likeness (QED) is 0.597. The Morgan fingerprint density at radius 2 is 1.89 bits per heavy atom. The van der Waals surface area contributed by atoms with Gasteiger partial charge in [-0.3, -0.25) is 4.79 Å². The number of amides is 1. The topological polar surface area (TPSA) is 47.4 Å². The first kappa shape index (κ1) is 18.5. The molecule has 0 spiro atoms. The highest BCUT2D eigenvalue weighted by atomic mass is 16.5. The van der Waals surface area contributed by atoms with E-state index in [9.17, 15) is 4.79 Å². The first-order valence-electron chi connectivity index (χ1n) is 8.77. The van der Waals surface area contributed by atoms with Gasteiger partial charge >= 0.3 is 0 Å². The number of hydrogen-bond donors (Lipinski definition) is 0. The zero-order valence-electron chi connectivity index (χ0n) is 15.6. The minimum Gasteiger partial charge on any atom is -0.497 e. The summed E-state index contributed by atoms with van der Waals surface area (Å²) >= 11 is 0. The highest BCUT2D eigenvalue weighted by Crippen LogP contribution is 2.16. The molecule has 138 valence electrons. The summed E-state index contributed by atoms with van der Waals surface area (Å²) in [6, 6.07) is 19.3. The van der Waals surface area contributed by atoms with Crippen molar-refractivity contribution >= 4 is 5.91 Å². The Bertz CT molecular complexity index is 914. The Kier molecular flexibility index (Phi) is 5.71. The molecule has 5 nitrogen and oxygen atoms in total. The van der Waals surface area contributed by atoms with E-state index in [4.69, 9.17) is 4.74 Å². The summed E-state index contributed by atoms with van der Waals surface area (Å²) in [4.78, 5) is 14.8. The SMILES string of the molecule is C=CCN(Cc1ccc(OC)cc1)C(=O)c1cc(C)n(-c2ccccc2)n1. The van der Waals surface area contributed by atoms with Gasteiger partial charge in [-0.05, 0) is 42.8 Å². The predicted molar refractivity (Wildman–Crippen MR) is 106 cm³/mol. The zero-order valence-corrected chi connectivity index (χ0v) is 15.6. The average molecular weight is 361 g/mol. The molecule has 0 saturated carbocycles. The van der Waals surface area contributed by atoms with Gasteiger partial charge in [0.2, 0.25) is 0 Å². The van der Waals surface area contributed by atoms with Gasteiger partial charge in [-0.1, -0.05) is 36.4 Å². The molecular formula is C22H23N3O2. The summed E-state index contributed by atoms with van der Waals surface area (Å²) in [5.41, 5.74) is 3.28. The van der Waals surface area contributed by atoms with Crippen LogP contribution in [0.2, 0.25) is 0 Å². The van der Waals surface area contributed by atoms with E-state index in [-0.39, 0.29) is 5.91 Å². The number of aromatic nitrogens is 2. The predicted octanol–water partition coefficient (Wildman–Crippen LogP) is 4.02. The highest BCUT2D eigenvalue weighted by Gasteiger charge is 2.19. The Balaban J connectivity index is 1.83. The number of carbonyl (C=O) groups excluding carboxylic acids is 1. The first-order chi connectivity index (χ1) is 13.1. The minimum absolute atomic E-state index is 0.122. The molecule has 0 unspecified atom stereocenters. The monoisotopic (exact) mass is 361 g/mol. The number of rotatable bonds is 7. The Hall–Kier alpha value is -3.34. The van der Waals surface area contributed by atoms with Crippen molar-refractivity contribution in [2.75, 3.05) is 13.7 Å². The molecule has 0 aliphatic heterocycles. The number of ether oxygens (including phenoxy) is 1. The second-order valence-electron chi connectivity index (χ2n) is 6.24. The number of carbonyl (C=O) groups is 1. The molecule has 0 atom stereocenters. The van der Waals surface area contributed by atoms with Crippen LogP contribution in [0.4, 0.5) is 0 Å². The Morgan fingerprint density at radius 3 is 2.52 bits per heavy atom. The first-order valence-corrected chi connectivity index (χ1v) is 8.77. The van der Waals surface area contributed by atoms with Crippen LogP contribution in [-0.2, 0) is 6.54 Å². The lowest BCUT2D eigenvalue weighted by atomic mass is 10.2. The van der Waals surface area contributed by atoms with E-state index in [2.05, 4.69) is 11.7 Å². The van der Waals surface area contributed by atoms with Crippen molar-refractivity contribution in [1.82, 2.24) is 14.7 Å². The molecule has 2 aromatic carbocycles. The fourth-order valence-corrected chi connectivity index (χ4v) is 2.90. The highest BCUT2D eigenvalue weighted by molar-refractivity contribution is 5.92. The summed E-state index contributed by atoms with van der Waals surface area (Å²) < 4.78 is 6.97. The van der Waals surface area contributed by atoms with Gasteiger partial charge in [-0.15, -0.1) is 6.58 Å². The number of benzene rings is 2. The summed E-state index contributed by atoms with van der Waals surface area (Å²) in [7, 11) is 1.63. The molecule has 1 aromatic heterocycles. The number of nitrogens with zero attached hydrogens (tertiary/aromatic N) is 3. The van der Waals surface area contributed by atoms with Crippen molar-refractivity contribution in [2.24, 2.45) is 0 Å². The van der Waals surface area contributed by atoms with E-state index < -0.39 is 0 Å². The van der Waals surface area contributed by atoms with Crippen LogP contribution in [0.5, 0.6) is 5.75 Å². The second-order valence-corrected chi connectivity index (χ2v) is 6.24. The third-order valence-electron chi connectivity index (χ3n) is 4.28. The molecule has 0 aliphatic carbocycles. The lowest BCUT2D eigenvalue weighted by Crippen LogP contribution is -2.31. The average Bonchev–Trinajstić information content (AvgIpc) is 3.10. The van der Waals surface area contributed by atoms with Crippen LogP contribution in [0.25, 0.3) is 5.69 Å². The smallest absolute Gasteiger partial charge is 0.274 e. The molecule has 0 saturated heterocycles. The molecule has 0 radical (unpaired) electrons. The van der Waals surface area contributed by atoms with Crippen LogP contribution in [0, 0.1) is 6.92 Å². The van der Waals surface area contributed by atoms with Gasteiger partial charge in [0.1, 0.15) is 5.75 Å². The standard InChI is InChI=1S/C22H23N3O2/c1-4-14-24(16-18-10-12-20(27-3)13-11-18)22(26)21-15-17(2)25(23-21)19-8-6-5-7-9-19/h4-13,15H,1,14,16H2,2-3H3. The van der Waals surface area contributed by atoms with Crippen LogP contribution in [0.3, 0.4) is 0 Å². The van der Waals surface area contributed by atoms with E-state index in [1.807, 2.05) is 67.6 Å². The van der Waals surface area contributed by atoms with Crippen molar-refractivity contribution in [1.29, 1.82) is 0 Å². The Morgan fingerprint density at radius 1 is 1.19 bits per heavy atom. The molecule has 0 aliphatic rings. The molecule has 3 aromatic rings. The summed E-state index contributed by atoms with van der Waals surface area (Å²) in [5.74, 6) is 0.668. The van der Waals surface area contributed by atoms with Crippen molar-refractivity contribution < 1.29 is 9.53 Å². The van der Waals surface area contributed by atoms with E-state index in [0.717, 1.165) is 22.7 Å². The third-order valence-corrected chi connectivity index (χ3v) is 4.28. The largest absolute Gasteiger partial charge is 0.497 e. The fourth-order valence-electron chi connectivity index (χ4n) is 2.90. The number of aryl methyl sites for hydroxylation is 1. The summed E-state index contributed by atoms with van der Waals surface area (Å²) in [6.45, 7) is 6.64. The van der Waals surface area contributed by atoms with Gasteiger partial charge in [-0.2, -0.15) is 5.10 Å². The summed E-state index contributed by atoms with van der Waals surface area (Å²) in [5, 5.41) is 4.52. The maximum Gasteiger partial charge on any atom is 0.274 e. The lowest BCUT2D eigenvalue weighted by molar-refractivity contribution is 0.0756. The maximum atomic E-state index is 13.0. The van der Waals surface area contributed by atoms with Gasteiger partial charge in [0.15, 0.2) is 5.69 Å². The van der Waals surface area contributed by atoms with Gasteiger partial charge in [-0.25, -0.2) is 4.68 Å². The second kappa shape index (κ2) is 8.36. The molecule has 0 fully saturated rings. The Labute approximate surface area is 159 Å². The van der Waals surface area contributed by atoms with Crippen LogP contribution in [0.1, 0.15) is 21.7 Å². The van der Waals surface area contributed by atoms with Crippen LogP contribution in [-0.4, -0.2) is 34.2 Å².